The van der Waals surface area contributed by atoms with Gasteiger partial charge < -0.3 is 10.6 Å². The second-order valence-electron chi connectivity index (χ2n) is 5.99. The van der Waals surface area contributed by atoms with Crippen molar-refractivity contribution in [2.24, 2.45) is 0 Å². The summed E-state index contributed by atoms with van der Waals surface area (Å²) in [5.41, 5.74) is 0.996. The van der Waals surface area contributed by atoms with E-state index in [1.54, 1.807) is 37.3 Å². The molecule has 27 heavy (non-hydrogen) atoms. The molecular weight excluding hydrogens is 357 g/mol. The van der Waals surface area contributed by atoms with Gasteiger partial charge >= 0.3 is 6.18 Å². The third-order valence-electron chi connectivity index (χ3n) is 3.73. The van der Waals surface area contributed by atoms with Crippen LogP contribution in [0, 0.1) is 0 Å². The van der Waals surface area contributed by atoms with Crippen molar-refractivity contribution in [2.45, 2.75) is 26.1 Å². The number of benzene rings is 2. The van der Waals surface area contributed by atoms with Crippen LogP contribution in [-0.2, 0) is 15.8 Å². The molecule has 2 rings (SSSR count). The van der Waals surface area contributed by atoms with E-state index in [9.17, 15) is 22.8 Å². The van der Waals surface area contributed by atoms with Gasteiger partial charge in [-0.2, -0.15) is 13.2 Å². The SMILES string of the molecule is CC(=O)Nc1ccc(/C=C/C(=O)NC(C)c2cccc(C(F)(F)F)c2)cc1. The Morgan fingerprint density at radius 2 is 1.74 bits per heavy atom. The summed E-state index contributed by atoms with van der Waals surface area (Å²) in [4.78, 5) is 23.0. The minimum atomic E-state index is -4.43. The molecule has 0 saturated heterocycles. The molecule has 2 aromatic rings. The first-order valence-corrected chi connectivity index (χ1v) is 8.18. The van der Waals surface area contributed by atoms with Crippen LogP contribution in [0.15, 0.2) is 54.6 Å². The van der Waals surface area contributed by atoms with Gasteiger partial charge in [0.15, 0.2) is 0 Å². The van der Waals surface area contributed by atoms with E-state index in [1.165, 1.54) is 25.1 Å². The predicted molar refractivity (Wildman–Crippen MR) is 97.8 cm³/mol. The van der Waals surface area contributed by atoms with Crippen molar-refractivity contribution in [1.29, 1.82) is 0 Å². The quantitative estimate of drug-likeness (QED) is 0.752. The topological polar surface area (TPSA) is 58.2 Å². The number of hydrogen-bond donors (Lipinski definition) is 2. The zero-order valence-corrected chi connectivity index (χ0v) is 14.8. The van der Waals surface area contributed by atoms with E-state index >= 15 is 0 Å². The zero-order chi connectivity index (χ0) is 20.0. The Labute approximate surface area is 155 Å². The highest BCUT2D eigenvalue weighted by molar-refractivity contribution is 5.92. The maximum atomic E-state index is 12.8. The third kappa shape index (κ3) is 6.29. The Morgan fingerprint density at radius 3 is 2.33 bits per heavy atom. The summed E-state index contributed by atoms with van der Waals surface area (Å²) < 4.78 is 38.3. The third-order valence-corrected chi connectivity index (χ3v) is 3.73. The molecule has 0 heterocycles. The summed E-state index contributed by atoms with van der Waals surface area (Å²) in [6.45, 7) is 3.02. The van der Waals surface area contributed by atoms with Crippen LogP contribution >= 0.6 is 0 Å². The summed E-state index contributed by atoms with van der Waals surface area (Å²) in [5.74, 6) is -0.605. The van der Waals surface area contributed by atoms with Crippen molar-refractivity contribution in [3.63, 3.8) is 0 Å². The Hall–Kier alpha value is -3.09. The highest BCUT2D eigenvalue weighted by Gasteiger charge is 2.30. The molecule has 0 spiro atoms. The fourth-order valence-electron chi connectivity index (χ4n) is 2.38. The van der Waals surface area contributed by atoms with Crippen molar-refractivity contribution in [2.75, 3.05) is 5.32 Å². The number of hydrogen-bond acceptors (Lipinski definition) is 2. The molecule has 1 unspecified atom stereocenters. The lowest BCUT2D eigenvalue weighted by Gasteiger charge is -2.15. The first kappa shape index (κ1) is 20.2. The van der Waals surface area contributed by atoms with Crippen LogP contribution in [0.5, 0.6) is 0 Å². The van der Waals surface area contributed by atoms with E-state index < -0.39 is 23.7 Å². The van der Waals surface area contributed by atoms with Gasteiger partial charge in [0.1, 0.15) is 0 Å². The monoisotopic (exact) mass is 376 g/mol. The van der Waals surface area contributed by atoms with Crippen molar-refractivity contribution in [3.8, 4) is 0 Å². The Kier molecular flexibility index (Phi) is 6.39. The van der Waals surface area contributed by atoms with E-state index in [-0.39, 0.29) is 5.91 Å². The molecule has 0 saturated carbocycles. The van der Waals surface area contributed by atoms with Crippen LogP contribution in [0.25, 0.3) is 6.08 Å². The molecule has 7 heteroatoms. The largest absolute Gasteiger partial charge is 0.416 e. The maximum Gasteiger partial charge on any atom is 0.416 e. The number of rotatable bonds is 5. The molecule has 2 amide bonds. The number of carbonyl (C=O) groups excluding carboxylic acids is 2. The molecule has 2 N–H and O–H groups in total. The van der Waals surface area contributed by atoms with E-state index in [2.05, 4.69) is 10.6 Å². The Morgan fingerprint density at radius 1 is 1.07 bits per heavy atom. The fourth-order valence-corrected chi connectivity index (χ4v) is 2.38. The lowest BCUT2D eigenvalue weighted by atomic mass is 10.0. The lowest BCUT2D eigenvalue weighted by Crippen LogP contribution is -2.24. The van der Waals surface area contributed by atoms with Gasteiger partial charge in [-0.25, -0.2) is 0 Å². The predicted octanol–water partition coefficient (Wildman–Crippen LogP) is 4.55. The molecule has 0 aliphatic rings. The summed E-state index contributed by atoms with van der Waals surface area (Å²) in [6.07, 6.45) is -1.55. The second-order valence-corrected chi connectivity index (χ2v) is 5.99. The van der Waals surface area contributed by atoms with Gasteiger partial charge in [0.05, 0.1) is 11.6 Å². The summed E-state index contributed by atoms with van der Waals surface area (Å²) in [6, 6.07) is 11.1. The number of alkyl halides is 3. The highest BCUT2D eigenvalue weighted by Crippen LogP contribution is 2.30. The van der Waals surface area contributed by atoms with Crippen LogP contribution in [-0.4, -0.2) is 11.8 Å². The molecule has 0 aliphatic heterocycles. The molecule has 4 nitrogen and oxygen atoms in total. The average Bonchev–Trinajstić information content (AvgIpc) is 2.60. The first-order valence-electron chi connectivity index (χ1n) is 8.18. The van der Waals surface area contributed by atoms with Gasteiger partial charge in [0.2, 0.25) is 11.8 Å². The van der Waals surface area contributed by atoms with Gasteiger partial charge in [-0.15, -0.1) is 0 Å². The molecule has 1 atom stereocenters. The lowest BCUT2D eigenvalue weighted by molar-refractivity contribution is -0.137. The number of nitrogens with one attached hydrogen (secondary N) is 2. The van der Waals surface area contributed by atoms with Gasteiger partial charge in [-0.3, -0.25) is 9.59 Å². The van der Waals surface area contributed by atoms with Crippen LogP contribution in [0.1, 0.15) is 36.6 Å². The molecule has 0 bridgehead atoms. The van der Waals surface area contributed by atoms with Gasteiger partial charge in [-0.05, 0) is 48.4 Å². The van der Waals surface area contributed by atoms with Crippen LogP contribution in [0.4, 0.5) is 18.9 Å². The van der Waals surface area contributed by atoms with Crippen LogP contribution in [0.3, 0.4) is 0 Å². The van der Waals surface area contributed by atoms with E-state index in [4.69, 9.17) is 0 Å². The van der Waals surface area contributed by atoms with Crippen molar-refractivity contribution < 1.29 is 22.8 Å². The normalized spacial score (nSPS) is 12.6. The summed E-state index contributed by atoms with van der Waals surface area (Å²) in [7, 11) is 0. The number of amides is 2. The van der Waals surface area contributed by atoms with Crippen LogP contribution in [0.2, 0.25) is 0 Å². The number of carbonyl (C=O) groups is 2. The van der Waals surface area contributed by atoms with E-state index in [0.717, 1.165) is 17.7 Å². The first-order chi connectivity index (χ1) is 12.6. The van der Waals surface area contributed by atoms with E-state index in [1.807, 2.05) is 0 Å². The minimum absolute atomic E-state index is 0.179. The Balaban J connectivity index is 1.98. The second kappa shape index (κ2) is 8.53. The average molecular weight is 376 g/mol. The summed E-state index contributed by atoms with van der Waals surface area (Å²) in [5, 5.41) is 5.27. The van der Waals surface area contributed by atoms with Gasteiger partial charge in [0.25, 0.3) is 0 Å². The molecule has 142 valence electrons. The Bertz CT molecular complexity index is 843. The van der Waals surface area contributed by atoms with Gasteiger partial charge in [-0.1, -0.05) is 24.3 Å². The van der Waals surface area contributed by atoms with Crippen molar-refractivity contribution in [1.82, 2.24) is 5.32 Å². The van der Waals surface area contributed by atoms with Crippen molar-refractivity contribution >= 4 is 23.6 Å². The zero-order valence-electron chi connectivity index (χ0n) is 14.8. The molecule has 2 aromatic carbocycles. The molecule has 0 aromatic heterocycles. The molecule has 0 aliphatic carbocycles. The fraction of sp³-hybridized carbons (Fsp3) is 0.200. The summed E-state index contributed by atoms with van der Waals surface area (Å²) >= 11 is 0. The molecular formula is C20H19F3N2O2. The van der Waals surface area contributed by atoms with Crippen LogP contribution < -0.4 is 10.6 Å². The number of halogens is 3. The van der Waals surface area contributed by atoms with E-state index in [0.29, 0.717) is 11.3 Å². The minimum Gasteiger partial charge on any atom is -0.346 e. The standard InChI is InChI=1S/C20H19F3N2O2/c1-13(16-4-3-5-17(12-16)20(21,22)23)24-19(27)11-8-15-6-9-18(10-7-15)25-14(2)26/h3-13H,1-2H3,(H,24,27)(H,25,26)/b11-8+. The molecule has 0 fully saturated rings. The highest BCUT2D eigenvalue weighted by atomic mass is 19.4. The number of anilines is 1. The smallest absolute Gasteiger partial charge is 0.346 e. The van der Waals surface area contributed by atoms with Crippen molar-refractivity contribution in [3.05, 3.63) is 71.3 Å². The molecule has 0 radical (unpaired) electrons. The maximum absolute atomic E-state index is 12.8. The van der Waals surface area contributed by atoms with Gasteiger partial charge in [0, 0.05) is 18.7 Å².